The fraction of sp³-hybridized carbons (Fsp3) is 0.778. The van der Waals surface area contributed by atoms with E-state index in [-0.39, 0.29) is 5.41 Å². The van der Waals surface area contributed by atoms with Crippen molar-refractivity contribution in [2.45, 2.75) is 46.1 Å². The van der Waals surface area contributed by atoms with Gasteiger partial charge in [0.15, 0.2) is 5.82 Å². The summed E-state index contributed by atoms with van der Waals surface area (Å²) in [6.07, 6.45) is 1.05. The Hall–Kier alpha value is -1.06. The highest BCUT2D eigenvalue weighted by atomic mass is 15.4. The Labute approximate surface area is 79.1 Å². The first-order valence-corrected chi connectivity index (χ1v) is 4.66. The lowest BCUT2D eigenvalue weighted by molar-refractivity contribution is 0.477. The molecular formula is C9H18N4. The Kier molecular flexibility index (Phi) is 2.59. The average Bonchev–Trinajstić information content (AvgIpc) is 2.31. The Morgan fingerprint density at radius 1 is 1.38 bits per heavy atom. The van der Waals surface area contributed by atoms with E-state index in [1.165, 1.54) is 0 Å². The minimum Gasteiger partial charge on any atom is -0.381 e. The number of hydrogen-bond acceptors (Lipinski definition) is 3. The maximum atomic E-state index is 5.76. The van der Waals surface area contributed by atoms with Crippen LogP contribution < -0.4 is 5.73 Å². The number of anilines is 1. The molecule has 0 amide bonds. The van der Waals surface area contributed by atoms with E-state index in [1.807, 2.05) is 4.68 Å². The van der Waals surface area contributed by atoms with E-state index >= 15 is 0 Å². The van der Waals surface area contributed by atoms with Gasteiger partial charge < -0.3 is 5.73 Å². The van der Waals surface area contributed by atoms with Gasteiger partial charge in [-0.3, -0.25) is 0 Å². The number of aromatic nitrogens is 3. The second-order valence-electron chi connectivity index (χ2n) is 4.30. The third-order valence-electron chi connectivity index (χ3n) is 1.91. The van der Waals surface area contributed by atoms with Gasteiger partial charge >= 0.3 is 0 Å². The minimum atomic E-state index is 0.0166. The third-order valence-corrected chi connectivity index (χ3v) is 1.91. The first-order valence-electron chi connectivity index (χ1n) is 4.66. The van der Waals surface area contributed by atoms with Crippen molar-refractivity contribution in [2.24, 2.45) is 0 Å². The molecule has 4 heteroatoms. The Balaban J connectivity index is 3.09. The molecule has 74 valence electrons. The van der Waals surface area contributed by atoms with Gasteiger partial charge in [0, 0.05) is 12.0 Å². The molecule has 0 aliphatic rings. The molecule has 0 radical (unpaired) electrons. The number of rotatable bonds is 2. The molecule has 1 aromatic heterocycles. The topological polar surface area (TPSA) is 56.7 Å². The van der Waals surface area contributed by atoms with Crippen LogP contribution in [0.4, 0.5) is 5.82 Å². The molecule has 0 unspecified atom stereocenters. The summed E-state index contributed by atoms with van der Waals surface area (Å²) in [5.41, 5.74) is 6.82. The summed E-state index contributed by atoms with van der Waals surface area (Å²) in [7, 11) is 0. The molecule has 0 atom stereocenters. The van der Waals surface area contributed by atoms with Crippen molar-refractivity contribution >= 4 is 5.82 Å². The number of nitrogen functional groups attached to an aromatic ring is 1. The Morgan fingerprint density at radius 3 is 2.46 bits per heavy atom. The summed E-state index contributed by atoms with van der Waals surface area (Å²) in [4.78, 5) is 0. The maximum Gasteiger partial charge on any atom is 0.169 e. The molecule has 1 aromatic rings. The van der Waals surface area contributed by atoms with E-state index in [1.54, 1.807) is 0 Å². The van der Waals surface area contributed by atoms with Crippen molar-refractivity contribution in [1.82, 2.24) is 15.0 Å². The molecular weight excluding hydrogens is 164 g/mol. The number of aryl methyl sites for hydroxylation is 1. The molecule has 13 heavy (non-hydrogen) atoms. The highest BCUT2D eigenvalue weighted by Gasteiger charge is 2.23. The van der Waals surface area contributed by atoms with Crippen LogP contribution in [0.1, 0.15) is 39.8 Å². The zero-order valence-corrected chi connectivity index (χ0v) is 8.83. The molecule has 0 fully saturated rings. The lowest BCUT2D eigenvalue weighted by atomic mass is 9.92. The van der Waals surface area contributed by atoms with Crippen molar-refractivity contribution < 1.29 is 0 Å². The third kappa shape index (κ3) is 1.99. The zero-order valence-electron chi connectivity index (χ0n) is 8.83. The molecule has 0 aliphatic carbocycles. The molecule has 2 N–H and O–H groups in total. The molecule has 0 bridgehead atoms. The molecule has 1 rings (SSSR count). The smallest absolute Gasteiger partial charge is 0.169 e. The van der Waals surface area contributed by atoms with Gasteiger partial charge in [-0.1, -0.05) is 32.9 Å². The van der Waals surface area contributed by atoms with E-state index in [9.17, 15) is 0 Å². The minimum absolute atomic E-state index is 0.0166. The largest absolute Gasteiger partial charge is 0.381 e. The van der Waals surface area contributed by atoms with Gasteiger partial charge in [0.1, 0.15) is 0 Å². The SMILES string of the molecule is CCCn1nnc(N)c1C(C)(C)C. The second-order valence-corrected chi connectivity index (χ2v) is 4.30. The normalized spacial score (nSPS) is 12.0. The lowest BCUT2D eigenvalue weighted by Crippen LogP contribution is -2.20. The van der Waals surface area contributed by atoms with Gasteiger partial charge in [-0.25, -0.2) is 4.68 Å². The molecule has 4 nitrogen and oxygen atoms in total. The average molecular weight is 182 g/mol. The fourth-order valence-electron chi connectivity index (χ4n) is 1.47. The molecule has 0 aromatic carbocycles. The van der Waals surface area contributed by atoms with Gasteiger partial charge in [-0.05, 0) is 6.42 Å². The van der Waals surface area contributed by atoms with Gasteiger partial charge in [0.25, 0.3) is 0 Å². The fourth-order valence-corrected chi connectivity index (χ4v) is 1.47. The van der Waals surface area contributed by atoms with E-state index in [0.29, 0.717) is 5.82 Å². The van der Waals surface area contributed by atoms with Crippen molar-refractivity contribution in [3.05, 3.63) is 5.69 Å². The van der Waals surface area contributed by atoms with Crippen LogP contribution >= 0.6 is 0 Å². The second kappa shape index (κ2) is 3.36. The van der Waals surface area contributed by atoms with E-state index in [4.69, 9.17) is 5.73 Å². The van der Waals surface area contributed by atoms with Crippen LogP contribution in [0.5, 0.6) is 0 Å². The van der Waals surface area contributed by atoms with Crippen LogP contribution in [0.25, 0.3) is 0 Å². The van der Waals surface area contributed by atoms with Gasteiger partial charge in [-0.15, -0.1) is 5.10 Å². The predicted molar refractivity (Wildman–Crippen MR) is 53.4 cm³/mol. The van der Waals surface area contributed by atoms with Crippen molar-refractivity contribution in [2.75, 3.05) is 5.73 Å². The van der Waals surface area contributed by atoms with Crippen molar-refractivity contribution in [3.8, 4) is 0 Å². The van der Waals surface area contributed by atoms with Crippen LogP contribution in [-0.2, 0) is 12.0 Å². The van der Waals surface area contributed by atoms with Crippen LogP contribution in [-0.4, -0.2) is 15.0 Å². The highest BCUT2D eigenvalue weighted by molar-refractivity contribution is 5.37. The summed E-state index contributed by atoms with van der Waals surface area (Å²) in [6.45, 7) is 9.36. The molecule has 1 heterocycles. The number of nitrogens with zero attached hydrogens (tertiary/aromatic N) is 3. The van der Waals surface area contributed by atoms with E-state index < -0.39 is 0 Å². The summed E-state index contributed by atoms with van der Waals surface area (Å²) in [6, 6.07) is 0. The Morgan fingerprint density at radius 2 is 2.00 bits per heavy atom. The quantitative estimate of drug-likeness (QED) is 0.755. The first-order chi connectivity index (χ1) is 5.96. The van der Waals surface area contributed by atoms with Crippen molar-refractivity contribution in [3.63, 3.8) is 0 Å². The van der Waals surface area contributed by atoms with Gasteiger partial charge in [0.05, 0.1) is 5.69 Å². The summed E-state index contributed by atoms with van der Waals surface area (Å²) >= 11 is 0. The summed E-state index contributed by atoms with van der Waals surface area (Å²) < 4.78 is 1.90. The Bertz CT molecular complexity index is 282. The van der Waals surface area contributed by atoms with Crippen LogP contribution in [0, 0.1) is 0 Å². The summed E-state index contributed by atoms with van der Waals surface area (Å²) in [5, 5.41) is 7.91. The summed E-state index contributed by atoms with van der Waals surface area (Å²) in [5.74, 6) is 0.556. The van der Waals surface area contributed by atoms with Crippen LogP contribution in [0.3, 0.4) is 0 Å². The standard InChI is InChI=1S/C9H18N4/c1-5-6-13-7(9(2,3)4)8(10)11-12-13/h5-6,10H2,1-4H3. The lowest BCUT2D eigenvalue weighted by Gasteiger charge is -2.19. The number of hydrogen-bond donors (Lipinski definition) is 1. The van der Waals surface area contributed by atoms with Gasteiger partial charge in [0.2, 0.25) is 0 Å². The van der Waals surface area contributed by atoms with Gasteiger partial charge in [-0.2, -0.15) is 0 Å². The molecule has 0 spiro atoms. The molecule has 0 saturated carbocycles. The molecule has 0 aliphatic heterocycles. The monoisotopic (exact) mass is 182 g/mol. The van der Waals surface area contributed by atoms with Crippen LogP contribution in [0.2, 0.25) is 0 Å². The zero-order chi connectivity index (χ0) is 10.1. The number of nitrogens with two attached hydrogens (primary N) is 1. The van der Waals surface area contributed by atoms with E-state index in [2.05, 4.69) is 38.0 Å². The first kappa shape index (κ1) is 10.0. The highest BCUT2D eigenvalue weighted by Crippen LogP contribution is 2.25. The van der Waals surface area contributed by atoms with E-state index in [0.717, 1.165) is 18.7 Å². The van der Waals surface area contributed by atoms with Crippen molar-refractivity contribution in [1.29, 1.82) is 0 Å². The maximum absolute atomic E-state index is 5.76. The predicted octanol–water partition coefficient (Wildman–Crippen LogP) is 1.57. The molecule has 0 saturated heterocycles. The van der Waals surface area contributed by atoms with Crippen LogP contribution in [0.15, 0.2) is 0 Å².